The van der Waals surface area contributed by atoms with Crippen LogP contribution in [-0.4, -0.2) is 19.2 Å². The summed E-state index contributed by atoms with van der Waals surface area (Å²) in [5, 5.41) is 3.97. The van der Waals surface area contributed by atoms with Crippen molar-refractivity contribution < 1.29 is 9.53 Å². The van der Waals surface area contributed by atoms with Crippen LogP contribution in [0.1, 0.15) is 29.5 Å². The van der Waals surface area contributed by atoms with Gasteiger partial charge in [-0.25, -0.2) is 5.43 Å². The zero-order valence-corrected chi connectivity index (χ0v) is 13.6. The lowest BCUT2D eigenvalue weighted by Gasteiger charge is -2.07. The van der Waals surface area contributed by atoms with Crippen LogP contribution in [0.25, 0.3) is 0 Å². The number of carbonyl (C=O) groups excluding carboxylic acids is 1. The van der Waals surface area contributed by atoms with Crippen LogP contribution in [0.15, 0.2) is 53.6 Å². The first-order valence-corrected chi connectivity index (χ1v) is 7.69. The summed E-state index contributed by atoms with van der Waals surface area (Å²) in [6.45, 7) is 2.06. The fourth-order valence-electron chi connectivity index (χ4n) is 2.29. The molecule has 2 rings (SSSR count). The molecule has 0 aliphatic rings. The lowest BCUT2D eigenvalue weighted by Crippen LogP contribution is -2.17. The fourth-order valence-corrected chi connectivity index (χ4v) is 2.29. The average molecular weight is 310 g/mol. The summed E-state index contributed by atoms with van der Waals surface area (Å²) in [5.41, 5.74) is 5.95. The van der Waals surface area contributed by atoms with Gasteiger partial charge >= 0.3 is 0 Å². The third-order valence-corrected chi connectivity index (χ3v) is 3.60. The van der Waals surface area contributed by atoms with Crippen molar-refractivity contribution >= 4 is 12.1 Å². The smallest absolute Gasteiger partial charge is 0.240 e. The van der Waals surface area contributed by atoms with E-state index in [9.17, 15) is 4.79 Å². The van der Waals surface area contributed by atoms with Gasteiger partial charge in [0.1, 0.15) is 5.75 Å². The van der Waals surface area contributed by atoms with E-state index in [1.54, 1.807) is 13.3 Å². The fraction of sp³-hybridized carbons (Fsp3) is 0.263. The summed E-state index contributed by atoms with van der Waals surface area (Å²) in [5.74, 6) is 0.794. The lowest BCUT2D eigenvalue weighted by molar-refractivity contribution is -0.121. The molecule has 0 spiro atoms. The Hall–Kier alpha value is -2.62. The SMILES string of the molecule is COc1ccc(CCCC(=O)N/N=C\c2ccccc2)c(C)c1. The number of aryl methyl sites for hydroxylation is 2. The first-order chi connectivity index (χ1) is 11.2. The molecule has 0 atom stereocenters. The summed E-state index contributed by atoms with van der Waals surface area (Å²) in [6, 6.07) is 15.7. The van der Waals surface area contributed by atoms with E-state index in [0.717, 1.165) is 24.2 Å². The number of hydrogen-bond donors (Lipinski definition) is 1. The zero-order valence-electron chi connectivity index (χ0n) is 13.6. The van der Waals surface area contributed by atoms with Crippen LogP contribution in [0.4, 0.5) is 0 Å². The zero-order chi connectivity index (χ0) is 16.5. The number of hydrogen-bond acceptors (Lipinski definition) is 3. The van der Waals surface area contributed by atoms with Crippen LogP contribution in [0.3, 0.4) is 0 Å². The highest BCUT2D eigenvalue weighted by Gasteiger charge is 2.03. The molecule has 0 aromatic heterocycles. The predicted molar refractivity (Wildman–Crippen MR) is 92.8 cm³/mol. The van der Waals surface area contributed by atoms with E-state index >= 15 is 0 Å². The number of benzene rings is 2. The Balaban J connectivity index is 1.73. The second-order valence-corrected chi connectivity index (χ2v) is 5.35. The Bertz CT molecular complexity index is 666. The summed E-state index contributed by atoms with van der Waals surface area (Å²) < 4.78 is 5.19. The Morgan fingerprint density at radius 1 is 1.22 bits per heavy atom. The van der Waals surface area contributed by atoms with Crippen LogP contribution in [0, 0.1) is 6.92 Å². The van der Waals surface area contributed by atoms with Gasteiger partial charge in [-0.2, -0.15) is 5.10 Å². The number of hydrazone groups is 1. The van der Waals surface area contributed by atoms with E-state index in [-0.39, 0.29) is 5.91 Å². The summed E-state index contributed by atoms with van der Waals surface area (Å²) >= 11 is 0. The summed E-state index contributed by atoms with van der Waals surface area (Å²) in [7, 11) is 1.66. The number of methoxy groups -OCH3 is 1. The van der Waals surface area contributed by atoms with E-state index in [2.05, 4.69) is 23.5 Å². The summed E-state index contributed by atoms with van der Waals surface area (Å²) in [6.07, 6.45) is 3.76. The van der Waals surface area contributed by atoms with Crippen LogP contribution < -0.4 is 10.2 Å². The molecule has 0 aliphatic carbocycles. The van der Waals surface area contributed by atoms with Crippen molar-refractivity contribution in [3.05, 3.63) is 65.2 Å². The molecule has 0 aliphatic heterocycles. The maximum atomic E-state index is 11.8. The highest BCUT2D eigenvalue weighted by Crippen LogP contribution is 2.18. The van der Waals surface area contributed by atoms with Gasteiger partial charge in [0, 0.05) is 6.42 Å². The van der Waals surface area contributed by atoms with E-state index in [1.165, 1.54) is 11.1 Å². The number of ether oxygens (including phenoxy) is 1. The highest BCUT2D eigenvalue weighted by molar-refractivity contribution is 5.82. The van der Waals surface area contributed by atoms with Crippen LogP contribution >= 0.6 is 0 Å². The number of rotatable bonds is 7. The molecule has 2 aromatic rings. The van der Waals surface area contributed by atoms with Crippen molar-refractivity contribution in [1.29, 1.82) is 0 Å². The third-order valence-electron chi connectivity index (χ3n) is 3.60. The highest BCUT2D eigenvalue weighted by atomic mass is 16.5. The Labute approximate surface area is 137 Å². The minimum absolute atomic E-state index is 0.0663. The standard InChI is InChI=1S/C19H22N2O2/c1-15-13-18(23-2)12-11-17(15)9-6-10-19(22)21-20-14-16-7-4-3-5-8-16/h3-5,7-8,11-14H,6,9-10H2,1-2H3,(H,21,22)/b20-14-. The average Bonchev–Trinajstić information content (AvgIpc) is 2.57. The van der Waals surface area contributed by atoms with Gasteiger partial charge in [0.15, 0.2) is 0 Å². The summed E-state index contributed by atoms with van der Waals surface area (Å²) in [4.78, 5) is 11.8. The van der Waals surface area contributed by atoms with E-state index in [0.29, 0.717) is 6.42 Å². The van der Waals surface area contributed by atoms with Gasteiger partial charge in [-0.15, -0.1) is 0 Å². The second-order valence-electron chi connectivity index (χ2n) is 5.35. The largest absolute Gasteiger partial charge is 0.497 e. The number of amides is 1. The van der Waals surface area contributed by atoms with Crippen molar-refractivity contribution in [2.45, 2.75) is 26.2 Å². The number of nitrogens with one attached hydrogen (secondary N) is 1. The topological polar surface area (TPSA) is 50.7 Å². The molecule has 0 unspecified atom stereocenters. The van der Waals surface area contributed by atoms with E-state index in [4.69, 9.17) is 4.74 Å². The molecule has 4 heteroatoms. The monoisotopic (exact) mass is 310 g/mol. The minimum Gasteiger partial charge on any atom is -0.497 e. The van der Waals surface area contributed by atoms with Crippen molar-refractivity contribution in [3.8, 4) is 5.75 Å². The molecule has 0 bridgehead atoms. The molecule has 1 amide bonds. The first kappa shape index (κ1) is 16.7. The quantitative estimate of drug-likeness (QED) is 0.629. The normalized spacial score (nSPS) is 10.7. The molecule has 23 heavy (non-hydrogen) atoms. The third kappa shape index (κ3) is 5.58. The predicted octanol–water partition coefficient (Wildman–Crippen LogP) is 3.48. The minimum atomic E-state index is -0.0663. The lowest BCUT2D eigenvalue weighted by atomic mass is 10.0. The van der Waals surface area contributed by atoms with E-state index < -0.39 is 0 Å². The van der Waals surface area contributed by atoms with Gasteiger partial charge in [0.2, 0.25) is 5.91 Å². The molecule has 2 aromatic carbocycles. The molecule has 0 saturated carbocycles. The van der Waals surface area contributed by atoms with Crippen molar-refractivity contribution in [2.75, 3.05) is 7.11 Å². The van der Waals surface area contributed by atoms with Gasteiger partial charge < -0.3 is 4.74 Å². The molecule has 4 nitrogen and oxygen atoms in total. The Morgan fingerprint density at radius 2 is 2.00 bits per heavy atom. The van der Waals surface area contributed by atoms with Crippen molar-refractivity contribution in [3.63, 3.8) is 0 Å². The van der Waals surface area contributed by atoms with Gasteiger partial charge in [-0.05, 0) is 48.6 Å². The molecule has 120 valence electrons. The number of nitrogens with zero attached hydrogens (tertiary/aromatic N) is 1. The first-order valence-electron chi connectivity index (χ1n) is 7.69. The van der Waals surface area contributed by atoms with E-state index in [1.807, 2.05) is 42.5 Å². The van der Waals surface area contributed by atoms with Crippen molar-refractivity contribution in [2.24, 2.45) is 5.10 Å². The molecule has 0 heterocycles. The maximum absolute atomic E-state index is 11.8. The molecule has 0 fully saturated rings. The van der Waals surface area contributed by atoms with Crippen LogP contribution in [0.2, 0.25) is 0 Å². The van der Waals surface area contributed by atoms with Gasteiger partial charge in [-0.1, -0.05) is 36.4 Å². The number of carbonyl (C=O) groups is 1. The van der Waals surface area contributed by atoms with Gasteiger partial charge in [-0.3, -0.25) is 4.79 Å². The Kier molecular flexibility index (Phi) is 6.36. The van der Waals surface area contributed by atoms with Crippen LogP contribution in [0.5, 0.6) is 5.75 Å². The second kappa shape index (κ2) is 8.73. The van der Waals surface area contributed by atoms with Gasteiger partial charge in [0.25, 0.3) is 0 Å². The molecule has 0 radical (unpaired) electrons. The van der Waals surface area contributed by atoms with Crippen LogP contribution in [-0.2, 0) is 11.2 Å². The van der Waals surface area contributed by atoms with Gasteiger partial charge in [0.05, 0.1) is 13.3 Å². The molecular weight excluding hydrogens is 288 g/mol. The molecular formula is C19H22N2O2. The maximum Gasteiger partial charge on any atom is 0.240 e. The molecule has 1 N–H and O–H groups in total. The molecule has 0 saturated heterocycles. The van der Waals surface area contributed by atoms with Crippen molar-refractivity contribution in [1.82, 2.24) is 5.43 Å². The Morgan fingerprint density at radius 3 is 2.70 bits per heavy atom.